The third-order valence-corrected chi connectivity index (χ3v) is 6.53. The van der Waals surface area contributed by atoms with Crippen molar-refractivity contribution in [3.8, 4) is 0 Å². The van der Waals surface area contributed by atoms with Gasteiger partial charge >= 0.3 is 5.97 Å². The Morgan fingerprint density at radius 3 is 2.60 bits per heavy atom. The summed E-state index contributed by atoms with van der Waals surface area (Å²) in [6.07, 6.45) is 4.62. The van der Waals surface area contributed by atoms with Gasteiger partial charge in [-0.25, -0.2) is 0 Å². The predicted octanol–water partition coefficient (Wildman–Crippen LogP) is 1.34. The zero-order valence-electron chi connectivity index (χ0n) is 12.1. The van der Waals surface area contributed by atoms with Crippen molar-refractivity contribution >= 4 is 16.2 Å². The molecule has 116 valence electrons. The van der Waals surface area contributed by atoms with Crippen molar-refractivity contribution < 1.29 is 18.3 Å². The molecule has 0 aromatic heterocycles. The first-order chi connectivity index (χ1) is 9.27. The second kappa shape index (κ2) is 5.61. The topological polar surface area (TPSA) is 86.7 Å². The third kappa shape index (κ3) is 2.84. The fraction of sp³-hybridized carbons (Fsp3) is 0.923. The summed E-state index contributed by atoms with van der Waals surface area (Å²) < 4.78 is 29.1. The number of aliphatic carboxylic acids is 1. The van der Waals surface area contributed by atoms with Crippen molar-refractivity contribution in [2.24, 2.45) is 5.41 Å². The van der Waals surface area contributed by atoms with E-state index in [1.807, 2.05) is 6.92 Å². The van der Waals surface area contributed by atoms with Crippen LogP contribution in [0.4, 0.5) is 0 Å². The smallest absolute Gasteiger partial charge is 0.310 e. The van der Waals surface area contributed by atoms with Gasteiger partial charge in [0, 0.05) is 18.6 Å². The van der Waals surface area contributed by atoms with Crippen molar-refractivity contribution in [3.63, 3.8) is 0 Å². The Bertz CT molecular complexity index is 479. The van der Waals surface area contributed by atoms with E-state index in [-0.39, 0.29) is 6.04 Å². The van der Waals surface area contributed by atoms with Crippen LogP contribution in [0.2, 0.25) is 0 Å². The zero-order chi connectivity index (χ0) is 15.0. The molecule has 1 aliphatic carbocycles. The lowest BCUT2D eigenvalue weighted by Gasteiger charge is -2.35. The molecule has 0 radical (unpaired) electrons. The Kier molecular flexibility index (Phi) is 4.41. The van der Waals surface area contributed by atoms with Gasteiger partial charge < -0.3 is 5.11 Å². The minimum absolute atomic E-state index is 0.0151. The molecule has 20 heavy (non-hydrogen) atoms. The van der Waals surface area contributed by atoms with Crippen molar-refractivity contribution in [2.45, 2.75) is 64.5 Å². The van der Waals surface area contributed by atoms with Crippen LogP contribution < -0.4 is 4.72 Å². The van der Waals surface area contributed by atoms with Crippen LogP contribution in [0.25, 0.3) is 0 Å². The Labute approximate surface area is 120 Å². The summed E-state index contributed by atoms with van der Waals surface area (Å²) in [5.74, 6) is -0.922. The van der Waals surface area contributed by atoms with Gasteiger partial charge in [0.05, 0.1) is 5.41 Å². The van der Waals surface area contributed by atoms with Crippen molar-refractivity contribution in [3.05, 3.63) is 0 Å². The number of rotatable bonds is 4. The summed E-state index contributed by atoms with van der Waals surface area (Å²) >= 11 is 0. The molecule has 0 spiro atoms. The second-order valence-corrected chi connectivity index (χ2v) is 7.90. The first-order valence-corrected chi connectivity index (χ1v) is 8.74. The number of carbonyl (C=O) groups is 1. The van der Waals surface area contributed by atoms with E-state index in [0.29, 0.717) is 19.4 Å². The maximum atomic E-state index is 12.5. The number of nitrogens with one attached hydrogen (secondary N) is 1. The molecular weight excluding hydrogens is 280 g/mol. The zero-order valence-corrected chi connectivity index (χ0v) is 12.9. The summed E-state index contributed by atoms with van der Waals surface area (Å²) in [6, 6.07) is -0.530. The molecule has 0 aromatic rings. The highest BCUT2D eigenvalue weighted by molar-refractivity contribution is 7.87. The molecule has 1 heterocycles. The SMILES string of the molecule is CC1CCCCN1S(=O)(=O)NC1CCCC1(C)C(=O)O. The maximum Gasteiger partial charge on any atom is 0.310 e. The highest BCUT2D eigenvalue weighted by Gasteiger charge is 2.47. The fourth-order valence-corrected chi connectivity index (χ4v) is 5.11. The first-order valence-electron chi connectivity index (χ1n) is 7.30. The molecule has 2 N–H and O–H groups in total. The average Bonchev–Trinajstić information content (AvgIpc) is 2.72. The lowest BCUT2D eigenvalue weighted by molar-refractivity contribution is -0.148. The maximum absolute atomic E-state index is 12.5. The van der Waals surface area contributed by atoms with Crippen LogP contribution in [0.1, 0.15) is 52.4 Å². The van der Waals surface area contributed by atoms with Gasteiger partial charge in [0.2, 0.25) is 0 Å². The molecule has 1 aliphatic heterocycles. The van der Waals surface area contributed by atoms with E-state index in [0.717, 1.165) is 25.7 Å². The van der Waals surface area contributed by atoms with Crippen molar-refractivity contribution in [2.75, 3.05) is 6.54 Å². The normalized spacial score (nSPS) is 36.1. The van der Waals surface area contributed by atoms with Gasteiger partial charge in [-0.15, -0.1) is 0 Å². The van der Waals surface area contributed by atoms with E-state index in [2.05, 4.69) is 4.72 Å². The van der Waals surface area contributed by atoms with Crippen LogP contribution in [0.15, 0.2) is 0 Å². The van der Waals surface area contributed by atoms with Gasteiger partial charge in [-0.2, -0.15) is 17.4 Å². The molecule has 0 amide bonds. The molecule has 0 aromatic carbocycles. The molecule has 0 bridgehead atoms. The van der Waals surface area contributed by atoms with E-state index in [1.54, 1.807) is 6.92 Å². The largest absolute Gasteiger partial charge is 0.481 e. The van der Waals surface area contributed by atoms with E-state index >= 15 is 0 Å². The van der Waals surface area contributed by atoms with Crippen molar-refractivity contribution in [1.29, 1.82) is 0 Å². The molecular formula is C13H24N2O4S. The van der Waals surface area contributed by atoms with Gasteiger partial charge in [-0.3, -0.25) is 4.79 Å². The number of piperidine rings is 1. The van der Waals surface area contributed by atoms with Gasteiger partial charge in [-0.05, 0) is 39.5 Å². The lowest BCUT2D eigenvalue weighted by atomic mass is 9.85. The van der Waals surface area contributed by atoms with Crippen molar-refractivity contribution in [1.82, 2.24) is 9.03 Å². The Morgan fingerprint density at radius 2 is 2.00 bits per heavy atom. The third-order valence-electron chi connectivity index (χ3n) is 4.79. The summed E-state index contributed by atoms with van der Waals surface area (Å²) in [6.45, 7) is 4.06. The van der Waals surface area contributed by atoms with Crippen LogP contribution in [-0.4, -0.2) is 42.4 Å². The van der Waals surface area contributed by atoms with Crippen LogP contribution in [-0.2, 0) is 15.0 Å². The molecule has 7 heteroatoms. The molecule has 1 saturated carbocycles. The molecule has 2 aliphatic rings. The van der Waals surface area contributed by atoms with E-state index in [1.165, 1.54) is 4.31 Å². The quantitative estimate of drug-likeness (QED) is 0.820. The minimum atomic E-state index is -3.60. The van der Waals surface area contributed by atoms with Gasteiger partial charge in [0.15, 0.2) is 0 Å². The molecule has 6 nitrogen and oxygen atoms in total. The average molecular weight is 304 g/mol. The lowest BCUT2D eigenvalue weighted by Crippen LogP contribution is -2.54. The first kappa shape index (κ1) is 15.7. The van der Waals surface area contributed by atoms with Crippen LogP contribution in [0.5, 0.6) is 0 Å². The number of carboxylic acid groups (broad SMARTS) is 1. The Balaban J connectivity index is 2.13. The number of hydrogen-bond donors (Lipinski definition) is 2. The molecule has 3 atom stereocenters. The monoisotopic (exact) mass is 304 g/mol. The molecule has 1 saturated heterocycles. The van der Waals surface area contributed by atoms with Crippen LogP contribution in [0.3, 0.4) is 0 Å². The minimum Gasteiger partial charge on any atom is -0.481 e. The van der Waals surface area contributed by atoms with Gasteiger partial charge in [0.25, 0.3) is 10.2 Å². The molecule has 2 fully saturated rings. The standard InChI is InChI=1S/C13H24N2O4S/c1-10-6-3-4-9-15(10)20(18,19)14-11-7-5-8-13(11,2)12(16)17/h10-11,14H,3-9H2,1-2H3,(H,16,17). The number of nitrogens with zero attached hydrogens (tertiary/aromatic N) is 1. The summed E-state index contributed by atoms with van der Waals surface area (Å²) in [7, 11) is -3.60. The summed E-state index contributed by atoms with van der Waals surface area (Å²) in [5.41, 5.74) is -0.994. The highest BCUT2D eigenvalue weighted by Crippen LogP contribution is 2.39. The second-order valence-electron chi connectivity index (χ2n) is 6.25. The van der Waals surface area contributed by atoms with E-state index in [4.69, 9.17) is 0 Å². The number of hydrogen-bond acceptors (Lipinski definition) is 3. The van der Waals surface area contributed by atoms with Crippen LogP contribution in [0, 0.1) is 5.41 Å². The number of carboxylic acids is 1. The predicted molar refractivity (Wildman–Crippen MR) is 75.5 cm³/mol. The highest BCUT2D eigenvalue weighted by atomic mass is 32.2. The summed E-state index contributed by atoms with van der Waals surface area (Å²) in [5, 5.41) is 9.35. The fourth-order valence-electron chi connectivity index (χ4n) is 3.29. The molecule has 2 rings (SSSR count). The van der Waals surface area contributed by atoms with Gasteiger partial charge in [-0.1, -0.05) is 12.8 Å². The van der Waals surface area contributed by atoms with Gasteiger partial charge in [0.1, 0.15) is 0 Å². The van der Waals surface area contributed by atoms with E-state index in [9.17, 15) is 18.3 Å². The van der Waals surface area contributed by atoms with E-state index < -0.39 is 27.6 Å². The Hall–Kier alpha value is -0.660. The molecule has 3 unspecified atom stereocenters. The van der Waals surface area contributed by atoms with Crippen LogP contribution >= 0.6 is 0 Å². The summed E-state index contributed by atoms with van der Waals surface area (Å²) in [4.78, 5) is 11.4. The Morgan fingerprint density at radius 1 is 1.30 bits per heavy atom.